The van der Waals surface area contributed by atoms with Gasteiger partial charge in [-0.1, -0.05) is 12.1 Å². The average molecular weight is 473 g/mol. The minimum atomic E-state index is -4.46. The number of rotatable bonds is 3. The quantitative estimate of drug-likeness (QED) is 0.605. The van der Waals surface area contributed by atoms with E-state index in [1.807, 2.05) is 0 Å². The van der Waals surface area contributed by atoms with Gasteiger partial charge in [-0.3, -0.25) is 0 Å². The zero-order valence-corrected chi connectivity index (χ0v) is 17.4. The first-order valence-corrected chi connectivity index (χ1v) is 10.3. The average Bonchev–Trinajstić information content (AvgIpc) is 2.75. The van der Waals surface area contributed by atoms with Gasteiger partial charge >= 0.3 is 18.4 Å². The molecule has 2 heterocycles. The summed E-state index contributed by atoms with van der Waals surface area (Å²) in [6.45, 7) is 2.00. The third kappa shape index (κ3) is 5.28. The highest BCUT2D eigenvalue weighted by molar-refractivity contribution is 5.76. The van der Waals surface area contributed by atoms with Gasteiger partial charge in [0.25, 0.3) is 0 Å². The Hall–Kier alpha value is -3.11. The fraction of sp³-hybridized carbons (Fsp3) is 0.409. The van der Waals surface area contributed by atoms with E-state index in [0.29, 0.717) is 31.9 Å². The molecule has 0 radical (unpaired) electrons. The maximum atomic E-state index is 12.9. The number of carbonyl (C=O) groups is 1. The van der Waals surface area contributed by atoms with E-state index >= 15 is 0 Å². The Morgan fingerprint density at radius 1 is 0.788 bits per heavy atom. The van der Waals surface area contributed by atoms with Gasteiger partial charge in [-0.2, -0.15) is 26.3 Å². The van der Waals surface area contributed by atoms with Gasteiger partial charge in [-0.05, 0) is 36.4 Å². The molecule has 4 rings (SSSR count). The molecule has 2 aromatic carbocycles. The van der Waals surface area contributed by atoms with Gasteiger partial charge in [-0.25, -0.2) is 4.79 Å². The summed E-state index contributed by atoms with van der Waals surface area (Å²) in [5.74, 6) is 0.0941. The lowest BCUT2D eigenvalue weighted by Gasteiger charge is -2.44. The van der Waals surface area contributed by atoms with Crippen LogP contribution in [0.3, 0.4) is 0 Å². The first kappa shape index (κ1) is 23.1. The summed E-state index contributed by atoms with van der Waals surface area (Å²) in [6, 6.07) is 9.46. The van der Waals surface area contributed by atoms with Crippen LogP contribution in [0, 0.1) is 0 Å². The van der Waals surface area contributed by atoms with Crippen LogP contribution in [-0.2, 0) is 12.4 Å². The molecule has 0 unspecified atom stereocenters. The van der Waals surface area contributed by atoms with E-state index in [2.05, 4.69) is 0 Å². The SMILES string of the molecule is O=C(N1CCN(c2cccc(C(F)(F)F)c2)CC1)N1CC(Oc2cccc(C(F)(F)F)c2)C1. The second-order valence-corrected chi connectivity index (χ2v) is 7.98. The van der Waals surface area contributed by atoms with Crippen molar-refractivity contribution in [1.82, 2.24) is 9.80 Å². The molecule has 0 N–H and O–H groups in total. The van der Waals surface area contributed by atoms with E-state index < -0.39 is 29.6 Å². The molecule has 0 saturated carbocycles. The molecule has 0 aromatic heterocycles. The normalized spacial score (nSPS) is 17.7. The van der Waals surface area contributed by atoms with Crippen LogP contribution in [0.25, 0.3) is 0 Å². The third-order valence-electron chi connectivity index (χ3n) is 5.67. The molecule has 2 aliphatic rings. The van der Waals surface area contributed by atoms with Crippen LogP contribution in [0.1, 0.15) is 11.1 Å². The van der Waals surface area contributed by atoms with Crippen LogP contribution in [0.2, 0.25) is 0 Å². The summed E-state index contributed by atoms with van der Waals surface area (Å²) in [5, 5.41) is 0. The van der Waals surface area contributed by atoms with Crippen molar-refractivity contribution in [2.24, 2.45) is 0 Å². The maximum absolute atomic E-state index is 12.9. The lowest BCUT2D eigenvalue weighted by molar-refractivity contribution is -0.138. The van der Waals surface area contributed by atoms with Crippen molar-refractivity contribution in [1.29, 1.82) is 0 Å². The standard InChI is InChI=1S/C22H21F6N3O2/c23-21(24,25)15-3-1-5-17(11-15)29-7-9-30(10-8-29)20(32)31-13-19(14-31)33-18-6-2-4-16(12-18)22(26,27)28/h1-6,11-12,19H,7-10,13-14H2. The molecule has 5 nitrogen and oxygen atoms in total. The first-order chi connectivity index (χ1) is 15.5. The Kier molecular flexibility index (Phi) is 6.06. The summed E-state index contributed by atoms with van der Waals surface area (Å²) in [6.07, 6.45) is -9.28. The molecule has 0 aliphatic carbocycles. The predicted molar refractivity (Wildman–Crippen MR) is 108 cm³/mol. The van der Waals surface area contributed by atoms with Gasteiger partial charge in [-0.15, -0.1) is 0 Å². The summed E-state index contributed by atoms with van der Waals surface area (Å²) in [4.78, 5) is 17.6. The molecule has 11 heteroatoms. The molecule has 2 fully saturated rings. The zero-order chi connectivity index (χ0) is 23.8. The van der Waals surface area contributed by atoms with E-state index in [1.165, 1.54) is 23.1 Å². The van der Waals surface area contributed by atoms with Crippen LogP contribution in [0.5, 0.6) is 5.75 Å². The molecule has 2 saturated heterocycles. The fourth-order valence-corrected chi connectivity index (χ4v) is 3.84. The highest BCUT2D eigenvalue weighted by atomic mass is 19.4. The summed E-state index contributed by atoms with van der Waals surface area (Å²) < 4.78 is 82.8. The fourth-order valence-electron chi connectivity index (χ4n) is 3.84. The Balaban J connectivity index is 1.26. The van der Waals surface area contributed by atoms with Crippen molar-refractivity contribution >= 4 is 11.7 Å². The van der Waals surface area contributed by atoms with E-state index in [9.17, 15) is 31.1 Å². The number of carbonyl (C=O) groups excluding carboxylic acids is 1. The molecule has 0 bridgehead atoms. The van der Waals surface area contributed by atoms with Crippen molar-refractivity contribution < 1.29 is 35.9 Å². The summed E-state index contributed by atoms with van der Waals surface area (Å²) in [5.41, 5.74) is -1.06. The van der Waals surface area contributed by atoms with Crippen LogP contribution < -0.4 is 9.64 Å². The van der Waals surface area contributed by atoms with E-state index in [1.54, 1.807) is 15.9 Å². The number of anilines is 1. The predicted octanol–water partition coefficient (Wildman–Crippen LogP) is 4.73. The van der Waals surface area contributed by atoms with Crippen LogP contribution in [0.15, 0.2) is 48.5 Å². The number of halogens is 6. The van der Waals surface area contributed by atoms with Gasteiger partial charge in [0, 0.05) is 31.9 Å². The van der Waals surface area contributed by atoms with Gasteiger partial charge in [0.05, 0.1) is 24.2 Å². The monoisotopic (exact) mass is 473 g/mol. The molecule has 2 aliphatic heterocycles. The Morgan fingerprint density at radius 2 is 1.36 bits per heavy atom. The molecular formula is C22H21F6N3O2. The number of nitrogens with zero attached hydrogens (tertiary/aromatic N) is 3. The number of amides is 2. The smallest absolute Gasteiger partial charge is 0.416 e. The van der Waals surface area contributed by atoms with Crippen molar-refractivity contribution in [2.75, 3.05) is 44.2 Å². The van der Waals surface area contributed by atoms with Gasteiger partial charge in [0.15, 0.2) is 0 Å². The van der Waals surface area contributed by atoms with Gasteiger partial charge < -0.3 is 19.4 Å². The van der Waals surface area contributed by atoms with Crippen molar-refractivity contribution in [2.45, 2.75) is 18.5 Å². The third-order valence-corrected chi connectivity index (χ3v) is 5.67. The second kappa shape index (κ2) is 8.68. The number of benzene rings is 2. The number of likely N-dealkylation sites (tertiary alicyclic amines) is 1. The van der Waals surface area contributed by atoms with Crippen molar-refractivity contribution in [3.63, 3.8) is 0 Å². The first-order valence-electron chi connectivity index (χ1n) is 10.3. The summed E-state index contributed by atoms with van der Waals surface area (Å²) in [7, 11) is 0. The van der Waals surface area contributed by atoms with E-state index in [0.717, 1.165) is 24.3 Å². The number of urea groups is 1. The number of piperazine rings is 1. The number of ether oxygens (including phenoxy) is 1. The Morgan fingerprint density at radius 3 is 1.97 bits per heavy atom. The molecular weight excluding hydrogens is 452 g/mol. The molecule has 0 atom stereocenters. The van der Waals surface area contributed by atoms with Crippen LogP contribution in [0.4, 0.5) is 36.8 Å². The molecule has 178 valence electrons. The maximum Gasteiger partial charge on any atom is 0.416 e. The van der Waals surface area contributed by atoms with E-state index in [4.69, 9.17) is 4.74 Å². The lowest BCUT2D eigenvalue weighted by Crippen LogP contribution is -2.61. The Bertz CT molecular complexity index is 996. The molecule has 0 spiro atoms. The van der Waals surface area contributed by atoms with Crippen LogP contribution in [-0.4, -0.2) is 61.2 Å². The zero-order valence-electron chi connectivity index (χ0n) is 17.4. The topological polar surface area (TPSA) is 36.0 Å². The number of hydrogen-bond donors (Lipinski definition) is 0. The highest BCUT2D eigenvalue weighted by Gasteiger charge is 2.37. The highest BCUT2D eigenvalue weighted by Crippen LogP contribution is 2.33. The lowest BCUT2D eigenvalue weighted by atomic mass is 10.1. The minimum absolute atomic E-state index is 0.0941. The van der Waals surface area contributed by atoms with E-state index in [-0.39, 0.29) is 24.9 Å². The molecule has 2 aromatic rings. The van der Waals surface area contributed by atoms with Crippen molar-refractivity contribution in [3.05, 3.63) is 59.7 Å². The minimum Gasteiger partial charge on any atom is -0.487 e. The van der Waals surface area contributed by atoms with Crippen LogP contribution >= 0.6 is 0 Å². The second-order valence-electron chi connectivity index (χ2n) is 7.98. The van der Waals surface area contributed by atoms with Crippen molar-refractivity contribution in [3.8, 4) is 5.75 Å². The Labute approximate surface area is 186 Å². The number of alkyl halides is 6. The molecule has 2 amide bonds. The van der Waals surface area contributed by atoms with Gasteiger partial charge in [0.2, 0.25) is 0 Å². The van der Waals surface area contributed by atoms with Gasteiger partial charge in [0.1, 0.15) is 11.9 Å². The number of hydrogen-bond acceptors (Lipinski definition) is 3. The molecule has 33 heavy (non-hydrogen) atoms. The summed E-state index contributed by atoms with van der Waals surface area (Å²) >= 11 is 0. The largest absolute Gasteiger partial charge is 0.487 e.